The predicted octanol–water partition coefficient (Wildman–Crippen LogP) is 3.44. The number of rotatable bonds is 16. The standard InChI is InChI=1S/C26H41N3O5/c1-4-6-7-8-9-10-11-16-27(22(30)5-2)21-18-25(33)28(26(21)34)17-12-13-20(3)19-29-23(31)14-15-24(29)32/h14-15,20-21H,4-13,16-19H2,1-3H3. The van der Waals surface area contributed by atoms with Crippen LogP contribution in [0.2, 0.25) is 0 Å². The van der Waals surface area contributed by atoms with Crippen molar-refractivity contribution in [1.82, 2.24) is 14.7 Å². The minimum Gasteiger partial charge on any atom is -0.330 e. The molecule has 2 aliphatic heterocycles. The summed E-state index contributed by atoms with van der Waals surface area (Å²) in [7, 11) is 0. The normalized spacial score (nSPS) is 19.0. The Morgan fingerprint density at radius 1 is 0.941 bits per heavy atom. The van der Waals surface area contributed by atoms with E-state index in [2.05, 4.69) is 6.92 Å². The predicted molar refractivity (Wildman–Crippen MR) is 129 cm³/mol. The monoisotopic (exact) mass is 475 g/mol. The molecule has 34 heavy (non-hydrogen) atoms. The number of carbonyl (C=O) groups excluding carboxylic acids is 5. The molecule has 0 saturated carbocycles. The van der Waals surface area contributed by atoms with E-state index in [-0.39, 0.29) is 41.9 Å². The molecule has 8 heteroatoms. The van der Waals surface area contributed by atoms with Crippen LogP contribution in [0.15, 0.2) is 12.2 Å². The molecule has 2 rings (SSSR count). The second-order valence-electron chi connectivity index (χ2n) is 9.53. The molecule has 2 unspecified atom stereocenters. The average Bonchev–Trinajstić information content (AvgIpc) is 3.28. The zero-order valence-corrected chi connectivity index (χ0v) is 21.1. The zero-order chi connectivity index (χ0) is 25.1. The van der Waals surface area contributed by atoms with Crippen molar-refractivity contribution in [2.45, 2.75) is 97.4 Å². The van der Waals surface area contributed by atoms with Gasteiger partial charge in [-0.3, -0.25) is 33.8 Å². The Balaban J connectivity index is 1.81. The zero-order valence-electron chi connectivity index (χ0n) is 21.1. The first-order valence-corrected chi connectivity index (χ1v) is 13.0. The topological polar surface area (TPSA) is 95.1 Å². The second-order valence-corrected chi connectivity index (χ2v) is 9.53. The van der Waals surface area contributed by atoms with E-state index < -0.39 is 6.04 Å². The first-order chi connectivity index (χ1) is 16.3. The quantitative estimate of drug-likeness (QED) is 0.252. The van der Waals surface area contributed by atoms with Crippen molar-refractivity contribution >= 4 is 29.5 Å². The highest BCUT2D eigenvalue weighted by molar-refractivity contribution is 6.12. The highest BCUT2D eigenvalue weighted by Crippen LogP contribution is 2.22. The maximum Gasteiger partial charge on any atom is 0.253 e. The van der Waals surface area contributed by atoms with Gasteiger partial charge in [0.2, 0.25) is 11.8 Å². The second kappa shape index (κ2) is 14.0. The van der Waals surface area contributed by atoms with Crippen LogP contribution in [0.1, 0.15) is 91.4 Å². The van der Waals surface area contributed by atoms with Gasteiger partial charge in [0.05, 0.1) is 6.42 Å². The van der Waals surface area contributed by atoms with E-state index in [9.17, 15) is 24.0 Å². The van der Waals surface area contributed by atoms with E-state index in [0.717, 1.165) is 19.3 Å². The fraction of sp³-hybridized carbons (Fsp3) is 0.731. The summed E-state index contributed by atoms with van der Waals surface area (Å²) in [6.45, 7) is 7.05. The average molecular weight is 476 g/mol. The van der Waals surface area contributed by atoms with Gasteiger partial charge in [-0.25, -0.2) is 0 Å². The molecule has 2 heterocycles. The molecule has 190 valence electrons. The molecule has 0 N–H and O–H groups in total. The Kier molecular flexibility index (Phi) is 11.4. The Morgan fingerprint density at radius 3 is 2.18 bits per heavy atom. The van der Waals surface area contributed by atoms with Crippen LogP contribution in [0.3, 0.4) is 0 Å². The summed E-state index contributed by atoms with van der Waals surface area (Å²) >= 11 is 0. The van der Waals surface area contributed by atoms with Crippen LogP contribution in [-0.4, -0.2) is 69.9 Å². The Morgan fingerprint density at radius 2 is 1.56 bits per heavy atom. The van der Waals surface area contributed by atoms with Crippen LogP contribution in [0.25, 0.3) is 0 Å². The van der Waals surface area contributed by atoms with E-state index in [4.69, 9.17) is 0 Å². The third kappa shape index (κ3) is 7.77. The lowest BCUT2D eigenvalue weighted by molar-refractivity contribution is -0.144. The van der Waals surface area contributed by atoms with Gasteiger partial charge in [-0.1, -0.05) is 59.3 Å². The summed E-state index contributed by atoms with van der Waals surface area (Å²) in [5.74, 6) is -1.13. The number of imide groups is 2. The SMILES string of the molecule is CCCCCCCCCN(C(=O)CC)C1CC(=O)N(CCCC(C)CN2C(=O)C=CC2=O)C1=O. The third-order valence-electron chi connectivity index (χ3n) is 6.70. The number of hydrogen-bond donors (Lipinski definition) is 0. The Bertz CT molecular complexity index is 760. The smallest absolute Gasteiger partial charge is 0.253 e. The van der Waals surface area contributed by atoms with Crippen molar-refractivity contribution in [2.24, 2.45) is 5.92 Å². The summed E-state index contributed by atoms with van der Waals surface area (Å²) in [5.41, 5.74) is 0. The molecule has 0 radical (unpaired) electrons. The maximum absolute atomic E-state index is 13.0. The molecule has 1 fully saturated rings. The van der Waals surface area contributed by atoms with Gasteiger partial charge < -0.3 is 4.90 Å². The highest BCUT2D eigenvalue weighted by atomic mass is 16.2. The van der Waals surface area contributed by atoms with Gasteiger partial charge in [0, 0.05) is 38.2 Å². The number of nitrogens with zero attached hydrogens (tertiary/aromatic N) is 3. The van der Waals surface area contributed by atoms with Crippen LogP contribution in [0.5, 0.6) is 0 Å². The fourth-order valence-electron chi connectivity index (χ4n) is 4.65. The van der Waals surface area contributed by atoms with E-state index in [1.54, 1.807) is 11.8 Å². The maximum atomic E-state index is 13.0. The molecular weight excluding hydrogens is 434 g/mol. The van der Waals surface area contributed by atoms with Gasteiger partial charge in [-0.15, -0.1) is 0 Å². The first kappa shape index (κ1) is 27.7. The van der Waals surface area contributed by atoms with Crippen molar-refractivity contribution in [3.8, 4) is 0 Å². The summed E-state index contributed by atoms with van der Waals surface area (Å²) in [6.07, 6.45) is 12.1. The molecule has 0 aromatic heterocycles. The van der Waals surface area contributed by atoms with Crippen LogP contribution >= 0.6 is 0 Å². The van der Waals surface area contributed by atoms with E-state index in [0.29, 0.717) is 38.9 Å². The number of carbonyl (C=O) groups is 5. The van der Waals surface area contributed by atoms with Crippen LogP contribution in [-0.2, 0) is 24.0 Å². The molecule has 0 aromatic carbocycles. The lowest BCUT2D eigenvalue weighted by Crippen LogP contribution is -2.45. The van der Waals surface area contributed by atoms with Crippen molar-refractivity contribution < 1.29 is 24.0 Å². The van der Waals surface area contributed by atoms with Gasteiger partial charge in [0.15, 0.2) is 0 Å². The molecule has 5 amide bonds. The van der Waals surface area contributed by atoms with Gasteiger partial charge in [0.25, 0.3) is 17.7 Å². The van der Waals surface area contributed by atoms with Gasteiger partial charge >= 0.3 is 0 Å². The summed E-state index contributed by atoms with van der Waals surface area (Å²) in [5, 5.41) is 0. The fourth-order valence-corrected chi connectivity index (χ4v) is 4.65. The molecule has 0 bridgehead atoms. The molecule has 0 aliphatic carbocycles. The molecule has 1 saturated heterocycles. The molecule has 8 nitrogen and oxygen atoms in total. The molecular formula is C26H41N3O5. The van der Waals surface area contributed by atoms with Crippen molar-refractivity contribution in [2.75, 3.05) is 19.6 Å². The Labute approximate surface area is 203 Å². The molecule has 0 spiro atoms. The lowest BCUT2D eigenvalue weighted by atomic mass is 10.0. The van der Waals surface area contributed by atoms with E-state index in [1.807, 2.05) is 6.92 Å². The van der Waals surface area contributed by atoms with Crippen molar-refractivity contribution in [3.05, 3.63) is 12.2 Å². The van der Waals surface area contributed by atoms with Crippen molar-refractivity contribution in [1.29, 1.82) is 0 Å². The number of hydrogen-bond acceptors (Lipinski definition) is 5. The summed E-state index contributed by atoms with van der Waals surface area (Å²) < 4.78 is 0. The van der Waals surface area contributed by atoms with Crippen molar-refractivity contribution in [3.63, 3.8) is 0 Å². The molecule has 2 aliphatic rings. The van der Waals surface area contributed by atoms with E-state index in [1.165, 1.54) is 47.6 Å². The minimum absolute atomic E-state index is 0.0546. The number of likely N-dealkylation sites (tertiary alicyclic amines) is 1. The van der Waals surface area contributed by atoms with Gasteiger partial charge in [-0.05, 0) is 25.2 Å². The van der Waals surface area contributed by atoms with E-state index >= 15 is 0 Å². The lowest BCUT2D eigenvalue weighted by Gasteiger charge is -2.27. The van der Waals surface area contributed by atoms with Gasteiger partial charge in [-0.2, -0.15) is 0 Å². The number of unbranched alkanes of at least 4 members (excludes halogenated alkanes) is 6. The first-order valence-electron chi connectivity index (χ1n) is 13.0. The summed E-state index contributed by atoms with van der Waals surface area (Å²) in [6, 6.07) is -0.691. The minimum atomic E-state index is -0.691. The largest absolute Gasteiger partial charge is 0.330 e. The van der Waals surface area contributed by atoms with Crippen LogP contribution < -0.4 is 0 Å². The molecule has 0 aromatic rings. The summed E-state index contributed by atoms with van der Waals surface area (Å²) in [4.78, 5) is 65.7. The van der Waals surface area contributed by atoms with Crippen LogP contribution in [0, 0.1) is 5.92 Å². The highest BCUT2D eigenvalue weighted by Gasteiger charge is 2.42. The molecule has 2 atom stereocenters. The Hall–Kier alpha value is -2.51. The van der Waals surface area contributed by atoms with Gasteiger partial charge in [0.1, 0.15) is 6.04 Å². The number of amides is 5. The third-order valence-corrected chi connectivity index (χ3v) is 6.70. The van der Waals surface area contributed by atoms with Crippen LogP contribution in [0.4, 0.5) is 0 Å².